The highest BCUT2D eigenvalue weighted by atomic mass is 32.2. The second-order valence-corrected chi connectivity index (χ2v) is 8.26. The van der Waals surface area contributed by atoms with Crippen LogP contribution in [0.4, 0.5) is 0 Å². The van der Waals surface area contributed by atoms with Gasteiger partial charge in [0.1, 0.15) is 0 Å². The molecule has 8 heteroatoms. The number of aryl methyl sites for hydroxylation is 1. The molecule has 1 aromatic carbocycles. The number of carbonyl (C=O) groups is 2. The number of hydrogen-bond donors (Lipinski definition) is 2. The molecule has 0 radical (unpaired) electrons. The first kappa shape index (κ1) is 20.4. The molecule has 0 bridgehead atoms. The van der Waals surface area contributed by atoms with Crippen molar-refractivity contribution in [3.05, 3.63) is 29.3 Å². The number of nitrogens with one attached hydrogen (secondary N) is 2. The van der Waals surface area contributed by atoms with Crippen molar-refractivity contribution in [2.45, 2.75) is 56.4 Å². The largest absolute Gasteiger partial charge is 0.465 e. The Kier molecular flexibility index (Phi) is 7.16. The number of amides is 1. The first-order valence-corrected chi connectivity index (χ1v) is 10.3. The van der Waals surface area contributed by atoms with Gasteiger partial charge >= 0.3 is 5.97 Å². The van der Waals surface area contributed by atoms with E-state index in [1.165, 1.54) is 25.7 Å². The van der Waals surface area contributed by atoms with E-state index in [1.807, 2.05) is 0 Å². The maximum Gasteiger partial charge on any atom is 0.337 e. The summed E-state index contributed by atoms with van der Waals surface area (Å²) in [4.78, 5) is 23.6. The van der Waals surface area contributed by atoms with Crippen molar-refractivity contribution >= 4 is 21.9 Å². The summed E-state index contributed by atoms with van der Waals surface area (Å²) in [5.41, 5.74) is 0.672. The Morgan fingerprint density at radius 3 is 2.54 bits per heavy atom. The molecule has 0 spiro atoms. The molecule has 0 atom stereocenters. The highest BCUT2D eigenvalue weighted by molar-refractivity contribution is 7.89. The predicted octanol–water partition coefficient (Wildman–Crippen LogP) is 1.90. The Morgan fingerprint density at radius 2 is 1.88 bits per heavy atom. The summed E-state index contributed by atoms with van der Waals surface area (Å²) in [7, 11) is -2.59. The first-order chi connectivity index (χ1) is 12.3. The fraction of sp³-hybridized carbons (Fsp3) is 0.556. The van der Waals surface area contributed by atoms with Gasteiger partial charge in [-0.05, 0) is 37.5 Å². The van der Waals surface area contributed by atoms with E-state index in [9.17, 15) is 18.0 Å². The highest BCUT2D eigenvalue weighted by Gasteiger charge is 2.20. The Morgan fingerprint density at radius 1 is 1.19 bits per heavy atom. The van der Waals surface area contributed by atoms with Gasteiger partial charge in [0.25, 0.3) is 0 Å². The third-order valence-electron chi connectivity index (χ3n) is 4.51. The number of carbonyl (C=O) groups excluding carboxylic acids is 2. The van der Waals surface area contributed by atoms with Gasteiger partial charge in [0.05, 0.1) is 17.6 Å². The van der Waals surface area contributed by atoms with Crippen LogP contribution in [-0.2, 0) is 19.6 Å². The van der Waals surface area contributed by atoms with Crippen LogP contribution < -0.4 is 10.0 Å². The molecule has 0 aliphatic heterocycles. The molecule has 0 unspecified atom stereocenters. The maximum atomic E-state index is 12.5. The topological polar surface area (TPSA) is 102 Å². The van der Waals surface area contributed by atoms with Crippen LogP contribution in [-0.4, -0.2) is 40.0 Å². The Bertz CT molecular complexity index is 755. The van der Waals surface area contributed by atoms with Crippen molar-refractivity contribution in [1.29, 1.82) is 0 Å². The fourth-order valence-corrected chi connectivity index (χ4v) is 4.36. The molecule has 1 amide bonds. The van der Waals surface area contributed by atoms with Crippen LogP contribution in [0, 0.1) is 6.92 Å². The molecule has 0 aromatic heterocycles. The van der Waals surface area contributed by atoms with Gasteiger partial charge in [-0.15, -0.1) is 0 Å². The first-order valence-electron chi connectivity index (χ1n) is 8.81. The van der Waals surface area contributed by atoms with Crippen molar-refractivity contribution in [2.24, 2.45) is 0 Å². The van der Waals surface area contributed by atoms with Crippen molar-refractivity contribution in [1.82, 2.24) is 10.0 Å². The van der Waals surface area contributed by atoms with Crippen LogP contribution in [0.2, 0.25) is 0 Å². The van der Waals surface area contributed by atoms with E-state index in [0.29, 0.717) is 5.56 Å². The molecule has 0 saturated heterocycles. The summed E-state index contributed by atoms with van der Waals surface area (Å²) >= 11 is 0. The lowest BCUT2D eigenvalue weighted by atomic mass is 9.95. The van der Waals surface area contributed by atoms with Crippen LogP contribution in [0.25, 0.3) is 0 Å². The summed E-state index contributed by atoms with van der Waals surface area (Å²) in [5, 5.41) is 2.95. The van der Waals surface area contributed by atoms with E-state index >= 15 is 0 Å². The van der Waals surface area contributed by atoms with Crippen LogP contribution in [0.5, 0.6) is 0 Å². The van der Waals surface area contributed by atoms with Gasteiger partial charge < -0.3 is 10.1 Å². The Hall–Kier alpha value is -1.93. The predicted molar refractivity (Wildman–Crippen MR) is 97.3 cm³/mol. The number of sulfonamides is 1. The Balaban J connectivity index is 1.93. The number of rotatable bonds is 7. The third-order valence-corrected chi connectivity index (χ3v) is 6.12. The van der Waals surface area contributed by atoms with E-state index in [-0.39, 0.29) is 35.4 Å². The van der Waals surface area contributed by atoms with Gasteiger partial charge in [-0.1, -0.05) is 25.3 Å². The third kappa shape index (κ3) is 5.54. The lowest BCUT2D eigenvalue weighted by Gasteiger charge is -2.22. The van der Waals surface area contributed by atoms with Gasteiger partial charge in [0, 0.05) is 19.0 Å². The second kappa shape index (κ2) is 9.14. The summed E-state index contributed by atoms with van der Waals surface area (Å²) in [6.07, 6.45) is 5.48. The monoisotopic (exact) mass is 382 g/mol. The molecule has 2 N–H and O–H groups in total. The van der Waals surface area contributed by atoms with Crippen LogP contribution in [0.1, 0.15) is 54.4 Å². The average Bonchev–Trinajstić information content (AvgIpc) is 2.62. The zero-order valence-electron chi connectivity index (χ0n) is 15.2. The molecule has 7 nitrogen and oxygen atoms in total. The molecule has 1 fully saturated rings. The molecule has 1 aromatic rings. The molecule has 26 heavy (non-hydrogen) atoms. The standard InChI is InChI=1S/C18H26N2O5S/c1-13-8-9-14(18(22)25-2)12-16(13)26(23,24)19-11-10-17(21)20-15-6-4-3-5-7-15/h8-9,12,15,19H,3-7,10-11H2,1-2H3,(H,20,21). The van der Waals surface area contributed by atoms with Crippen LogP contribution >= 0.6 is 0 Å². The van der Waals surface area contributed by atoms with Gasteiger partial charge in [-0.3, -0.25) is 4.79 Å². The fourth-order valence-electron chi connectivity index (χ4n) is 3.06. The molecule has 1 aliphatic carbocycles. The smallest absolute Gasteiger partial charge is 0.337 e. The number of methoxy groups -OCH3 is 1. The molecule has 1 aliphatic rings. The van der Waals surface area contributed by atoms with Gasteiger partial charge in [-0.2, -0.15) is 0 Å². The molecule has 2 rings (SSSR count). The van der Waals surface area contributed by atoms with Gasteiger partial charge in [0.15, 0.2) is 0 Å². The zero-order valence-corrected chi connectivity index (χ0v) is 16.0. The van der Waals surface area contributed by atoms with Gasteiger partial charge in [-0.25, -0.2) is 17.9 Å². The van der Waals surface area contributed by atoms with Crippen molar-refractivity contribution in [3.8, 4) is 0 Å². The minimum absolute atomic E-state index is 0.00276. The van der Waals surface area contributed by atoms with Crippen molar-refractivity contribution < 1.29 is 22.7 Å². The minimum atomic E-state index is -3.82. The molecule has 1 saturated carbocycles. The zero-order chi connectivity index (χ0) is 19.2. The number of benzene rings is 1. The second-order valence-electron chi connectivity index (χ2n) is 6.52. The van der Waals surface area contributed by atoms with Crippen molar-refractivity contribution in [2.75, 3.05) is 13.7 Å². The van der Waals surface area contributed by atoms with E-state index in [4.69, 9.17) is 0 Å². The average molecular weight is 382 g/mol. The van der Waals surface area contributed by atoms with Crippen LogP contribution in [0.3, 0.4) is 0 Å². The summed E-state index contributed by atoms with van der Waals surface area (Å²) in [6, 6.07) is 4.55. The quantitative estimate of drug-likeness (QED) is 0.702. The molecular formula is C18H26N2O5S. The normalized spacial score (nSPS) is 15.5. The molecule has 144 valence electrons. The lowest BCUT2D eigenvalue weighted by molar-refractivity contribution is -0.121. The number of ether oxygens (including phenoxy) is 1. The highest BCUT2D eigenvalue weighted by Crippen LogP contribution is 2.18. The van der Waals surface area contributed by atoms with Crippen LogP contribution in [0.15, 0.2) is 23.1 Å². The summed E-state index contributed by atoms with van der Waals surface area (Å²) < 4.78 is 32.0. The maximum absolute atomic E-state index is 12.5. The van der Waals surface area contributed by atoms with E-state index in [2.05, 4.69) is 14.8 Å². The number of hydrogen-bond acceptors (Lipinski definition) is 5. The van der Waals surface area contributed by atoms with E-state index < -0.39 is 16.0 Å². The number of esters is 1. The molecule has 0 heterocycles. The Labute approximate surface area is 154 Å². The minimum Gasteiger partial charge on any atom is -0.465 e. The summed E-state index contributed by atoms with van der Waals surface area (Å²) in [5.74, 6) is -0.757. The van der Waals surface area contributed by atoms with Gasteiger partial charge in [0.2, 0.25) is 15.9 Å². The van der Waals surface area contributed by atoms with Crippen molar-refractivity contribution in [3.63, 3.8) is 0 Å². The lowest BCUT2D eigenvalue weighted by Crippen LogP contribution is -2.38. The molecular weight excluding hydrogens is 356 g/mol. The SMILES string of the molecule is COC(=O)c1ccc(C)c(S(=O)(=O)NCCC(=O)NC2CCCCC2)c1. The van der Waals surface area contributed by atoms with E-state index in [1.54, 1.807) is 13.0 Å². The van der Waals surface area contributed by atoms with E-state index in [0.717, 1.165) is 25.7 Å². The summed E-state index contributed by atoms with van der Waals surface area (Å²) in [6.45, 7) is 1.65.